The summed E-state index contributed by atoms with van der Waals surface area (Å²) in [6.07, 6.45) is 0.990. The first-order valence-electron chi connectivity index (χ1n) is 5.46. The van der Waals surface area contributed by atoms with E-state index in [4.69, 9.17) is 9.47 Å². The molecule has 0 unspecified atom stereocenters. The second kappa shape index (κ2) is 3.51. The van der Waals surface area contributed by atoms with Crippen LogP contribution in [0.5, 0.6) is 5.75 Å². The van der Waals surface area contributed by atoms with E-state index in [1.54, 1.807) is 0 Å². The molecular formula is C12H15NO2. The molecule has 3 nitrogen and oxygen atoms in total. The van der Waals surface area contributed by atoms with Gasteiger partial charge in [-0.25, -0.2) is 0 Å². The van der Waals surface area contributed by atoms with Crippen molar-refractivity contribution in [3.05, 3.63) is 29.8 Å². The van der Waals surface area contributed by atoms with Gasteiger partial charge in [-0.2, -0.15) is 0 Å². The zero-order valence-corrected chi connectivity index (χ0v) is 8.66. The Morgan fingerprint density at radius 1 is 1.20 bits per heavy atom. The monoisotopic (exact) mass is 205 g/mol. The molecule has 0 aromatic heterocycles. The number of para-hydroxylation sites is 1. The number of hydrogen-bond donors (Lipinski definition) is 1. The van der Waals surface area contributed by atoms with Crippen LogP contribution in [0.3, 0.4) is 0 Å². The van der Waals surface area contributed by atoms with Crippen molar-refractivity contribution >= 4 is 0 Å². The average molecular weight is 205 g/mol. The number of hydrogen-bond acceptors (Lipinski definition) is 3. The third kappa shape index (κ3) is 1.43. The van der Waals surface area contributed by atoms with Crippen LogP contribution in [0.25, 0.3) is 0 Å². The largest absolute Gasteiger partial charge is 0.493 e. The SMILES string of the molecule is c1ccc2c(c1)OCC[C@]21COCCN1. The van der Waals surface area contributed by atoms with Crippen molar-refractivity contribution in [3.8, 4) is 5.75 Å². The van der Waals surface area contributed by atoms with Crippen molar-refractivity contribution in [2.75, 3.05) is 26.4 Å². The van der Waals surface area contributed by atoms with Gasteiger partial charge in [-0.3, -0.25) is 0 Å². The van der Waals surface area contributed by atoms with Crippen LogP contribution in [0.1, 0.15) is 12.0 Å². The predicted octanol–water partition coefficient (Wildman–Crippen LogP) is 1.28. The predicted molar refractivity (Wildman–Crippen MR) is 57.1 cm³/mol. The topological polar surface area (TPSA) is 30.5 Å². The molecule has 1 atom stereocenters. The fourth-order valence-corrected chi connectivity index (χ4v) is 2.45. The first kappa shape index (κ1) is 9.19. The Morgan fingerprint density at radius 3 is 3.00 bits per heavy atom. The standard InChI is InChI=1S/C12H15NO2/c1-2-4-11-10(3-1)12(5-7-15-11)9-14-8-6-13-12/h1-4,13H,5-9H2/t12-/m0/s1. The van der Waals surface area contributed by atoms with E-state index in [1.165, 1.54) is 5.56 Å². The summed E-state index contributed by atoms with van der Waals surface area (Å²) < 4.78 is 11.3. The second-order valence-corrected chi connectivity index (χ2v) is 4.16. The first-order valence-corrected chi connectivity index (χ1v) is 5.46. The van der Waals surface area contributed by atoms with E-state index < -0.39 is 0 Å². The van der Waals surface area contributed by atoms with Gasteiger partial charge in [0.1, 0.15) is 5.75 Å². The zero-order chi connectivity index (χ0) is 10.1. The maximum atomic E-state index is 5.66. The van der Waals surface area contributed by atoms with Crippen molar-refractivity contribution in [1.29, 1.82) is 0 Å². The summed E-state index contributed by atoms with van der Waals surface area (Å²) in [5.41, 5.74) is 1.24. The quantitative estimate of drug-likeness (QED) is 0.692. The minimum Gasteiger partial charge on any atom is -0.493 e. The maximum absolute atomic E-state index is 5.66. The second-order valence-electron chi connectivity index (χ2n) is 4.16. The third-order valence-electron chi connectivity index (χ3n) is 3.25. The van der Waals surface area contributed by atoms with E-state index in [1.807, 2.05) is 12.1 Å². The Balaban J connectivity index is 2.04. The number of benzene rings is 1. The molecular weight excluding hydrogens is 190 g/mol. The highest BCUT2D eigenvalue weighted by Gasteiger charge is 2.39. The minimum absolute atomic E-state index is 0.00685. The van der Waals surface area contributed by atoms with Gasteiger partial charge < -0.3 is 14.8 Å². The van der Waals surface area contributed by atoms with E-state index in [-0.39, 0.29) is 5.54 Å². The van der Waals surface area contributed by atoms with E-state index in [0.29, 0.717) is 0 Å². The first-order chi connectivity index (χ1) is 7.41. The van der Waals surface area contributed by atoms with Gasteiger partial charge in [0.15, 0.2) is 0 Å². The highest BCUT2D eigenvalue weighted by molar-refractivity contribution is 5.41. The Morgan fingerprint density at radius 2 is 2.13 bits per heavy atom. The summed E-state index contributed by atoms with van der Waals surface area (Å²) in [5.74, 6) is 1.00. The summed E-state index contributed by atoms with van der Waals surface area (Å²) in [5, 5.41) is 3.59. The number of ether oxygens (including phenoxy) is 2. The molecule has 0 amide bonds. The van der Waals surface area contributed by atoms with Gasteiger partial charge in [0, 0.05) is 18.5 Å². The molecule has 1 aromatic rings. The van der Waals surface area contributed by atoms with Crippen molar-refractivity contribution in [2.24, 2.45) is 0 Å². The van der Waals surface area contributed by atoms with Gasteiger partial charge in [0.2, 0.25) is 0 Å². The molecule has 15 heavy (non-hydrogen) atoms. The number of rotatable bonds is 0. The fourth-order valence-electron chi connectivity index (χ4n) is 2.45. The number of morpholine rings is 1. The maximum Gasteiger partial charge on any atom is 0.124 e. The van der Waals surface area contributed by atoms with Crippen molar-refractivity contribution < 1.29 is 9.47 Å². The summed E-state index contributed by atoms with van der Waals surface area (Å²) in [6.45, 7) is 3.26. The fraction of sp³-hybridized carbons (Fsp3) is 0.500. The van der Waals surface area contributed by atoms with Gasteiger partial charge >= 0.3 is 0 Å². The molecule has 2 heterocycles. The smallest absolute Gasteiger partial charge is 0.124 e. The molecule has 1 fully saturated rings. The van der Waals surface area contributed by atoms with Gasteiger partial charge in [0.25, 0.3) is 0 Å². The molecule has 2 aliphatic rings. The third-order valence-corrected chi connectivity index (χ3v) is 3.25. The van der Waals surface area contributed by atoms with E-state index in [9.17, 15) is 0 Å². The lowest BCUT2D eigenvalue weighted by Crippen LogP contribution is -2.53. The lowest BCUT2D eigenvalue weighted by atomic mass is 9.84. The summed E-state index contributed by atoms with van der Waals surface area (Å²) >= 11 is 0. The molecule has 80 valence electrons. The van der Waals surface area contributed by atoms with Crippen LogP contribution in [0.15, 0.2) is 24.3 Å². The summed E-state index contributed by atoms with van der Waals surface area (Å²) in [6, 6.07) is 8.25. The van der Waals surface area contributed by atoms with Crippen LogP contribution in [0.2, 0.25) is 0 Å². The lowest BCUT2D eigenvalue weighted by Gasteiger charge is -2.42. The van der Waals surface area contributed by atoms with Crippen LogP contribution in [-0.2, 0) is 10.3 Å². The van der Waals surface area contributed by atoms with Gasteiger partial charge in [-0.1, -0.05) is 18.2 Å². The Bertz CT molecular complexity index is 358. The molecule has 0 saturated carbocycles. The molecule has 1 spiro atoms. The van der Waals surface area contributed by atoms with Crippen molar-refractivity contribution in [2.45, 2.75) is 12.0 Å². The molecule has 3 rings (SSSR count). The van der Waals surface area contributed by atoms with Gasteiger partial charge in [-0.15, -0.1) is 0 Å². The Hall–Kier alpha value is -1.06. The highest BCUT2D eigenvalue weighted by Crippen LogP contribution is 2.37. The number of nitrogens with one attached hydrogen (secondary N) is 1. The van der Waals surface area contributed by atoms with Crippen LogP contribution < -0.4 is 10.1 Å². The van der Waals surface area contributed by atoms with Crippen LogP contribution in [0, 0.1) is 0 Å². The summed E-state index contributed by atoms with van der Waals surface area (Å²) in [4.78, 5) is 0. The summed E-state index contributed by atoms with van der Waals surface area (Å²) in [7, 11) is 0. The lowest BCUT2D eigenvalue weighted by molar-refractivity contribution is 0.00565. The Labute approximate surface area is 89.4 Å². The molecule has 3 heteroatoms. The molecule has 1 N–H and O–H groups in total. The molecule has 1 aromatic carbocycles. The number of fused-ring (bicyclic) bond motifs is 2. The van der Waals surface area contributed by atoms with Crippen LogP contribution >= 0.6 is 0 Å². The van der Waals surface area contributed by atoms with E-state index >= 15 is 0 Å². The van der Waals surface area contributed by atoms with E-state index in [0.717, 1.165) is 38.5 Å². The van der Waals surface area contributed by atoms with Crippen LogP contribution in [0.4, 0.5) is 0 Å². The highest BCUT2D eigenvalue weighted by atomic mass is 16.5. The molecule has 2 aliphatic heterocycles. The van der Waals surface area contributed by atoms with Crippen molar-refractivity contribution in [3.63, 3.8) is 0 Å². The Kier molecular flexibility index (Phi) is 2.15. The normalized spacial score (nSPS) is 29.6. The van der Waals surface area contributed by atoms with Crippen LogP contribution in [-0.4, -0.2) is 26.4 Å². The van der Waals surface area contributed by atoms with E-state index in [2.05, 4.69) is 17.4 Å². The van der Waals surface area contributed by atoms with Crippen molar-refractivity contribution in [1.82, 2.24) is 5.32 Å². The van der Waals surface area contributed by atoms with Gasteiger partial charge in [0.05, 0.1) is 25.4 Å². The minimum atomic E-state index is -0.00685. The molecule has 0 radical (unpaired) electrons. The molecule has 0 bridgehead atoms. The molecule has 0 aliphatic carbocycles. The van der Waals surface area contributed by atoms with Gasteiger partial charge in [-0.05, 0) is 6.07 Å². The molecule has 1 saturated heterocycles. The average Bonchev–Trinajstić information content (AvgIpc) is 2.31. The zero-order valence-electron chi connectivity index (χ0n) is 8.66.